The Labute approximate surface area is 107 Å². The number of carbonyl (C=O) groups excluding carboxylic acids is 2. The number of halogens is 1. The molecule has 0 spiro atoms. The Balaban J connectivity index is 0.00000256. The van der Waals surface area contributed by atoms with Gasteiger partial charge in [0.2, 0.25) is 0 Å². The van der Waals surface area contributed by atoms with E-state index in [1.807, 2.05) is 30.3 Å². The summed E-state index contributed by atoms with van der Waals surface area (Å²) >= 11 is 0. The minimum Gasteiger partial charge on any atom is -0.461 e. The molecule has 0 unspecified atom stereocenters. The molecule has 0 saturated heterocycles. The molecule has 1 rings (SSSR count). The first-order valence-electron chi connectivity index (χ1n) is 5.13. The zero-order chi connectivity index (χ0) is 11.8. The first-order chi connectivity index (χ1) is 7.72. The first kappa shape index (κ1) is 15.6. The van der Waals surface area contributed by atoms with E-state index in [9.17, 15) is 9.59 Å². The van der Waals surface area contributed by atoms with Crippen LogP contribution in [0.5, 0.6) is 0 Å². The zero-order valence-corrected chi connectivity index (χ0v) is 10.2. The van der Waals surface area contributed by atoms with Crippen molar-refractivity contribution in [1.82, 2.24) is 0 Å². The molecule has 0 aliphatic heterocycles. The van der Waals surface area contributed by atoms with Crippen LogP contribution < -0.4 is 5.73 Å². The predicted octanol–water partition coefficient (Wildman–Crippen LogP) is 1.46. The molecule has 17 heavy (non-hydrogen) atoms. The van der Waals surface area contributed by atoms with Gasteiger partial charge in [0.25, 0.3) is 0 Å². The van der Waals surface area contributed by atoms with Gasteiger partial charge in [-0.05, 0) is 5.56 Å². The van der Waals surface area contributed by atoms with Crippen molar-refractivity contribution in [2.45, 2.75) is 19.4 Å². The number of nitrogens with two attached hydrogens (primary N) is 1. The van der Waals surface area contributed by atoms with E-state index in [4.69, 9.17) is 10.5 Å². The van der Waals surface area contributed by atoms with Gasteiger partial charge in [-0.2, -0.15) is 0 Å². The highest BCUT2D eigenvalue weighted by Gasteiger charge is 2.06. The van der Waals surface area contributed by atoms with Gasteiger partial charge in [-0.25, -0.2) is 0 Å². The van der Waals surface area contributed by atoms with E-state index >= 15 is 0 Å². The Morgan fingerprint density at radius 1 is 1.12 bits per heavy atom. The highest BCUT2D eigenvalue weighted by Crippen LogP contribution is 2.02. The number of hydrogen-bond donors (Lipinski definition) is 1. The van der Waals surface area contributed by atoms with Crippen LogP contribution in [-0.4, -0.2) is 18.3 Å². The smallest absolute Gasteiger partial charge is 0.306 e. The third-order valence-electron chi connectivity index (χ3n) is 2.08. The van der Waals surface area contributed by atoms with Gasteiger partial charge in [0.05, 0.1) is 13.0 Å². The summed E-state index contributed by atoms with van der Waals surface area (Å²) in [6.07, 6.45) is 0.257. The topological polar surface area (TPSA) is 69.4 Å². The quantitative estimate of drug-likeness (QED) is 0.784. The number of esters is 1. The molecule has 5 heteroatoms. The molecule has 0 aliphatic carbocycles. The van der Waals surface area contributed by atoms with Gasteiger partial charge in [-0.1, -0.05) is 30.3 Å². The third kappa shape index (κ3) is 6.71. The van der Waals surface area contributed by atoms with E-state index < -0.39 is 0 Å². The summed E-state index contributed by atoms with van der Waals surface area (Å²) in [7, 11) is 0. The van der Waals surface area contributed by atoms with Crippen molar-refractivity contribution >= 4 is 24.2 Å². The molecule has 0 fully saturated rings. The number of hydrogen-bond acceptors (Lipinski definition) is 4. The lowest BCUT2D eigenvalue weighted by Gasteiger charge is -2.04. The van der Waals surface area contributed by atoms with Crippen molar-refractivity contribution < 1.29 is 14.3 Å². The number of ether oxygens (including phenoxy) is 1. The van der Waals surface area contributed by atoms with Crippen molar-refractivity contribution in [2.24, 2.45) is 5.73 Å². The Bertz CT molecular complexity index is 354. The largest absolute Gasteiger partial charge is 0.461 e. The van der Waals surface area contributed by atoms with E-state index in [0.29, 0.717) is 0 Å². The third-order valence-corrected chi connectivity index (χ3v) is 2.08. The standard InChI is InChI=1S/C12H15NO3.ClH/c13-8-11(14)6-7-12(15)16-9-10-4-2-1-3-5-10;/h1-5H,6-9,13H2;1H. The van der Waals surface area contributed by atoms with E-state index in [2.05, 4.69) is 0 Å². The monoisotopic (exact) mass is 257 g/mol. The molecular weight excluding hydrogens is 242 g/mol. The van der Waals surface area contributed by atoms with Gasteiger partial charge in [-0.3, -0.25) is 9.59 Å². The van der Waals surface area contributed by atoms with Crippen LogP contribution in [0.1, 0.15) is 18.4 Å². The Hall–Kier alpha value is -1.39. The molecule has 2 N–H and O–H groups in total. The minimum absolute atomic E-state index is 0. The SMILES string of the molecule is Cl.NCC(=O)CCC(=O)OCc1ccccc1. The van der Waals surface area contributed by atoms with Crippen molar-refractivity contribution in [3.05, 3.63) is 35.9 Å². The highest BCUT2D eigenvalue weighted by atomic mass is 35.5. The maximum atomic E-state index is 11.2. The van der Waals surface area contributed by atoms with E-state index in [0.717, 1.165) is 5.56 Å². The van der Waals surface area contributed by atoms with Crippen LogP contribution in [0.4, 0.5) is 0 Å². The molecule has 4 nitrogen and oxygen atoms in total. The van der Waals surface area contributed by atoms with Gasteiger partial charge in [-0.15, -0.1) is 12.4 Å². The maximum absolute atomic E-state index is 11.2. The molecular formula is C12H16ClNO3. The van der Waals surface area contributed by atoms with Gasteiger partial charge in [0.1, 0.15) is 12.4 Å². The average Bonchev–Trinajstić information content (AvgIpc) is 2.34. The van der Waals surface area contributed by atoms with Crippen LogP contribution in [0.25, 0.3) is 0 Å². The average molecular weight is 258 g/mol. The molecule has 0 saturated carbocycles. The van der Waals surface area contributed by atoms with Crippen molar-refractivity contribution in [3.8, 4) is 0 Å². The second-order valence-corrected chi connectivity index (χ2v) is 3.39. The second kappa shape index (κ2) is 8.73. The Morgan fingerprint density at radius 3 is 2.35 bits per heavy atom. The van der Waals surface area contributed by atoms with E-state index in [-0.39, 0.29) is 50.2 Å². The number of Topliss-reactive ketones (excluding diaryl/α,β-unsaturated/α-hetero) is 1. The first-order valence-corrected chi connectivity index (χ1v) is 5.13. The fourth-order valence-corrected chi connectivity index (χ4v) is 1.15. The zero-order valence-electron chi connectivity index (χ0n) is 9.43. The normalized spacial score (nSPS) is 9.24. The van der Waals surface area contributed by atoms with E-state index in [1.54, 1.807) is 0 Å². The van der Waals surface area contributed by atoms with Crippen LogP contribution in [0.15, 0.2) is 30.3 Å². The molecule has 0 atom stereocenters. The van der Waals surface area contributed by atoms with Crippen LogP contribution in [-0.2, 0) is 20.9 Å². The minimum atomic E-state index is -0.370. The molecule has 0 radical (unpaired) electrons. The van der Waals surface area contributed by atoms with Gasteiger partial charge >= 0.3 is 5.97 Å². The van der Waals surface area contributed by atoms with Gasteiger partial charge in [0, 0.05) is 6.42 Å². The van der Waals surface area contributed by atoms with Crippen molar-refractivity contribution in [1.29, 1.82) is 0 Å². The number of carbonyl (C=O) groups is 2. The fraction of sp³-hybridized carbons (Fsp3) is 0.333. The lowest BCUT2D eigenvalue weighted by atomic mass is 10.2. The Morgan fingerprint density at radius 2 is 1.76 bits per heavy atom. The summed E-state index contributed by atoms with van der Waals surface area (Å²) < 4.78 is 4.99. The van der Waals surface area contributed by atoms with Crippen molar-refractivity contribution in [3.63, 3.8) is 0 Å². The molecule has 0 heterocycles. The number of ketones is 1. The molecule has 0 aliphatic rings. The second-order valence-electron chi connectivity index (χ2n) is 3.39. The molecule has 0 amide bonds. The predicted molar refractivity (Wildman–Crippen MR) is 66.8 cm³/mol. The molecule has 1 aromatic carbocycles. The van der Waals surface area contributed by atoms with Gasteiger partial charge in [0.15, 0.2) is 0 Å². The Kier molecular flexibility index (Phi) is 8.01. The summed E-state index contributed by atoms with van der Waals surface area (Å²) in [6, 6.07) is 9.39. The van der Waals surface area contributed by atoms with Crippen LogP contribution in [0, 0.1) is 0 Å². The number of benzene rings is 1. The molecule has 0 aromatic heterocycles. The molecule has 1 aromatic rings. The van der Waals surface area contributed by atoms with Crippen LogP contribution >= 0.6 is 12.4 Å². The summed E-state index contributed by atoms with van der Waals surface area (Å²) in [6.45, 7) is 0.225. The highest BCUT2D eigenvalue weighted by molar-refractivity contribution is 5.85. The lowest BCUT2D eigenvalue weighted by molar-refractivity contribution is -0.146. The number of rotatable bonds is 6. The summed E-state index contributed by atoms with van der Waals surface area (Å²) in [4.78, 5) is 22.1. The molecule has 94 valence electrons. The maximum Gasteiger partial charge on any atom is 0.306 e. The fourth-order valence-electron chi connectivity index (χ4n) is 1.15. The van der Waals surface area contributed by atoms with Crippen molar-refractivity contribution in [2.75, 3.05) is 6.54 Å². The van der Waals surface area contributed by atoms with Crippen LogP contribution in [0.2, 0.25) is 0 Å². The van der Waals surface area contributed by atoms with Gasteiger partial charge < -0.3 is 10.5 Å². The van der Waals surface area contributed by atoms with Crippen LogP contribution in [0.3, 0.4) is 0 Å². The molecule has 0 bridgehead atoms. The summed E-state index contributed by atoms with van der Waals surface area (Å²) in [5.41, 5.74) is 6.05. The van der Waals surface area contributed by atoms with E-state index in [1.165, 1.54) is 0 Å². The lowest BCUT2D eigenvalue weighted by Crippen LogP contribution is -2.15. The summed E-state index contributed by atoms with van der Waals surface area (Å²) in [5, 5.41) is 0. The summed E-state index contributed by atoms with van der Waals surface area (Å²) in [5.74, 6) is -0.498.